The van der Waals surface area contributed by atoms with E-state index < -0.39 is 0 Å². The van der Waals surface area contributed by atoms with E-state index in [1.165, 1.54) is 0 Å². The highest BCUT2D eigenvalue weighted by atomic mass is 16.3. The molecule has 1 aromatic carbocycles. The van der Waals surface area contributed by atoms with Crippen LogP contribution in [0.3, 0.4) is 0 Å². The molecular formula is C12H12N2O. The minimum atomic E-state index is 0.174. The molecule has 0 fully saturated rings. The minimum Gasteiger partial charge on any atom is -0.504 e. The standard InChI is InChI=1S/C12H12N2O/c15-11-7-4-8-13-12(11)14-9-10-5-2-1-3-6-10/h1-8,15H,9H2,(H,13,14). The van der Waals surface area contributed by atoms with Crippen molar-refractivity contribution >= 4 is 5.82 Å². The second-order valence-corrected chi connectivity index (χ2v) is 3.21. The fraction of sp³-hybridized carbons (Fsp3) is 0.0833. The molecule has 0 saturated heterocycles. The van der Waals surface area contributed by atoms with E-state index in [4.69, 9.17) is 0 Å². The van der Waals surface area contributed by atoms with Crippen molar-refractivity contribution in [3.8, 4) is 5.75 Å². The largest absolute Gasteiger partial charge is 0.504 e. The lowest BCUT2D eigenvalue weighted by atomic mass is 10.2. The lowest BCUT2D eigenvalue weighted by Crippen LogP contribution is -2.00. The topological polar surface area (TPSA) is 45.2 Å². The van der Waals surface area contributed by atoms with Crippen LogP contribution in [0.15, 0.2) is 48.7 Å². The molecule has 2 aromatic rings. The van der Waals surface area contributed by atoms with Gasteiger partial charge in [0.05, 0.1) is 0 Å². The van der Waals surface area contributed by atoms with Gasteiger partial charge in [0.25, 0.3) is 0 Å². The summed E-state index contributed by atoms with van der Waals surface area (Å²) in [5.74, 6) is 0.690. The predicted octanol–water partition coefficient (Wildman–Crippen LogP) is 2.40. The average molecular weight is 200 g/mol. The number of nitrogens with zero attached hydrogens (tertiary/aromatic N) is 1. The molecule has 0 saturated carbocycles. The molecule has 0 spiro atoms. The Morgan fingerprint density at radius 1 is 1.07 bits per heavy atom. The van der Waals surface area contributed by atoms with Crippen LogP contribution in [0.1, 0.15) is 5.56 Å². The molecule has 0 radical (unpaired) electrons. The van der Waals surface area contributed by atoms with Gasteiger partial charge in [0, 0.05) is 12.7 Å². The predicted molar refractivity (Wildman–Crippen MR) is 59.7 cm³/mol. The summed E-state index contributed by atoms with van der Waals surface area (Å²) in [4.78, 5) is 4.03. The number of nitrogens with one attached hydrogen (secondary N) is 1. The zero-order valence-corrected chi connectivity index (χ0v) is 8.22. The number of aromatic nitrogens is 1. The Morgan fingerprint density at radius 2 is 1.87 bits per heavy atom. The Labute approximate surface area is 88.4 Å². The zero-order chi connectivity index (χ0) is 10.5. The van der Waals surface area contributed by atoms with Gasteiger partial charge in [-0.2, -0.15) is 0 Å². The molecule has 2 N–H and O–H groups in total. The summed E-state index contributed by atoms with van der Waals surface area (Å²) in [7, 11) is 0. The van der Waals surface area contributed by atoms with Gasteiger partial charge in [0.15, 0.2) is 11.6 Å². The minimum absolute atomic E-state index is 0.174. The molecule has 0 aliphatic rings. The molecule has 0 atom stereocenters. The van der Waals surface area contributed by atoms with E-state index in [1.807, 2.05) is 30.3 Å². The summed E-state index contributed by atoms with van der Waals surface area (Å²) in [5.41, 5.74) is 1.16. The molecule has 0 unspecified atom stereocenters. The van der Waals surface area contributed by atoms with Crippen molar-refractivity contribution < 1.29 is 5.11 Å². The maximum Gasteiger partial charge on any atom is 0.168 e. The Kier molecular flexibility index (Phi) is 2.83. The molecule has 0 aliphatic carbocycles. The van der Waals surface area contributed by atoms with Crippen molar-refractivity contribution in [1.82, 2.24) is 4.98 Å². The van der Waals surface area contributed by atoms with Crippen LogP contribution >= 0.6 is 0 Å². The molecule has 1 heterocycles. The quantitative estimate of drug-likeness (QED) is 0.799. The lowest BCUT2D eigenvalue weighted by molar-refractivity contribution is 0.475. The van der Waals surface area contributed by atoms with Gasteiger partial charge in [-0.3, -0.25) is 0 Å². The van der Waals surface area contributed by atoms with Crippen molar-refractivity contribution in [2.24, 2.45) is 0 Å². The summed E-state index contributed by atoms with van der Waals surface area (Å²) in [6.07, 6.45) is 1.65. The maximum absolute atomic E-state index is 9.46. The van der Waals surface area contributed by atoms with Gasteiger partial charge in [0.1, 0.15) is 0 Å². The fourth-order valence-corrected chi connectivity index (χ4v) is 1.31. The van der Waals surface area contributed by atoms with Crippen LogP contribution in [-0.2, 0) is 6.54 Å². The molecule has 2 rings (SSSR count). The number of aromatic hydroxyl groups is 1. The van der Waals surface area contributed by atoms with E-state index in [2.05, 4.69) is 10.3 Å². The smallest absolute Gasteiger partial charge is 0.168 e. The summed E-state index contributed by atoms with van der Waals surface area (Å²) in [5, 5.41) is 12.5. The molecule has 1 aromatic heterocycles. The highest BCUT2D eigenvalue weighted by Gasteiger charge is 1.99. The van der Waals surface area contributed by atoms with Gasteiger partial charge in [-0.25, -0.2) is 4.98 Å². The fourth-order valence-electron chi connectivity index (χ4n) is 1.31. The van der Waals surface area contributed by atoms with Crippen LogP contribution in [-0.4, -0.2) is 10.1 Å². The highest BCUT2D eigenvalue weighted by molar-refractivity contribution is 5.48. The zero-order valence-electron chi connectivity index (χ0n) is 8.22. The van der Waals surface area contributed by atoms with Crippen molar-refractivity contribution in [2.45, 2.75) is 6.54 Å². The molecule has 0 aliphatic heterocycles. The number of hydrogen-bond donors (Lipinski definition) is 2. The maximum atomic E-state index is 9.46. The van der Waals surface area contributed by atoms with Gasteiger partial charge in [-0.15, -0.1) is 0 Å². The SMILES string of the molecule is Oc1cccnc1NCc1ccccc1. The van der Waals surface area contributed by atoms with Gasteiger partial charge in [-0.05, 0) is 17.7 Å². The highest BCUT2D eigenvalue weighted by Crippen LogP contribution is 2.18. The third-order valence-corrected chi connectivity index (χ3v) is 2.09. The Hall–Kier alpha value is -2.03. The van der Waals surface area contributed by atoms with Crippen molar-refractivity contribution in [3.63, 3.8) is 0 Å². The number of hydrogen-bond acceptors (Lipinski definition) is 3. The normalized spacial score (nSPS) is 9.87. The number of pyridine rings is 1. The van der Waals surface area contributed by atoms with Gasteiger partial charge in [-0.1, -0.05) is 30.3 Å². The monoisotopic (exact) mass is 200 g/mol. The average Bonchev–Trinajstić information content (AvgIpc) is 2.29. The van der Waals surface area contributed by atoms with E-state index in [-0.39, 0.29) is 5.75 Å². The first-order valence-corrected chi connectivity index (χ1v) is 4.78. The molecule has 0 amide bonds. The summed E-state index contributed by atoms with van der Waals surface area (Å²) in [6.45, 7) is 0.658. The Morgan fingerprint density at radius 3 is 2.60 bits per heavy atom. The third-order valence-electron chi connectivity index (χ3n) is 2.09. The number of anilines is 1. The van der Waals surface area contributed by atoms with Crippen LogP contribution < -0.4 is 5.32 Å². The van der Waals surface area contributed by atoms with Crippen molar-refractivity contribution in [1.29, 1.82) is 0 Å². The van der Waals surface area contributed by atoms with Crippen LogP contribution in [0.5, 0.6) is 5.75 Å². The van der Waals surface area contributed by atoms with E-state index in [0.717, 1.165) is 5.56 Å². The first-order chi connectivity index (χ1) is 7.36. The second kappa shape index (κ2) is 4.46. The van der Waals surface area contributed by atoms with E-state index >= 15 is 0 Å². The van der Waals surface area contributed by atoms with Crippen molar-refractivity contribution in [3.05, 3.63) is 54.2 Å². The molecule has 3 nitrogen and oxygen atoms in total. The number of benzene rings is 1. The first kappa shape index (κ1) is 9.52. The van der Waals surface area contributed by atoms with Crippen LogP contribution in [0.25, 0.3) is 0 Å². The van der Waals surface area contributed by atoms with Gasteiger partial charge >= 0.3 is 0 Å². The third kappa shape index (κ3) is 2.47. The molecule has 0 bridgehead atoms. The van der Waals surface area contributed by atoms with Crippen molar-refractivity contribution in [2.75, 3.05) is 5.32 Å². The molecule has 76 valence electrons. The van der Waals surface area contributed by atoms with E-state index in [1.54, 1.807) is 18.3 Å². The second-order valence-electron chi connectivity index (χ2n) is 3.21. The number of rotatable bonds is 3. The van der Waals surface area contributed by atoms with Gasteiger partial charge in [0.2, 0.25) is 0 Å². The Balaban J connectivity index is 2.03. The van der Waals surface area contributed by atoms with E-state index in [9.17, 15) is 5.11 Å². The molecule has 15 heavy (non-hydrogen) atoms. The van der Waals surface area contributed by atoms with Crippen LogP contribution in [0.4, 0.5) is 5.82 Å². The molecular weight excluding hydrogens is 188 g/mol. The summed E-state index contributed by atoms with van der Waals surface area (Å²) >= 11 is 0. The first-order valence-electron chi connectivity index (χ1n) is 4.78. The van der Waals surface area contributed by atoms with Crippen LogP contribution in [0.2, 0.25) is 0 Å². The van der Waals surface area contributed by atoms with Gasteiger partial charge < -0.3 is 10.4 Å². The van der Waals surface area contributed by atoms with E-state index in [0.29, 0.717) is 12.4 Å². The molecule has 3 heteroatoms. The lowest BCUT2D eigenvalue weighted by Gasteiger charge is -2.06. The Bertz CT molecular complexity index is 429. The van der Waals surface area contributed by atoms with Crippen LogP contribution in [0, 0.1) is 0 Å². The summed E-state index contributed by atoms with van der Waals surface area (Å²) < 4.78 is 0. The summed E-state index contributed by atoms with van der Waals surface area (Å²) in [6, 6.07) is 13.3.